The van der Waals surface area contributed by atoms with Crippen molar-refractivity contribution in [2.24, 2.45) is 10.9 Å². The third-order valence-corrected chi connectivity index (χ3v) is 6.00. The molecular formula is C23H22F3N3O2. The van der Waals surface area contributed by atoms with E-state index in [1.807, 2.05) is 34.9 Å². The third-order valence-electron chi connectivity index (χ3n) is 6.00. The number of alkyl halides is 3. The average molecular weight is 429 g/mol. The Morgan fingerprint density at radius 2 is 1.87 bits per heavy atom. The molecule has 8 heteroatoms. The summed E-state index contributed by atoms with van der Waals surface area (Å²) in [6, 6.07) is 10.7. The molecule has 5 rings (SSSR count). The van der Waals surface area contributed by atoms with Crippen molar-refractivity contribution < 1.29 is 22.7 Å². The molecule has 1 unspecified atom stereocenters. The Labute approximate surface area is 178 Å². The normalized spacial score (nSPS) is 20.9. The minimum absolute atomic E-state index is 0.0122. The number of carbonyl (C=O) groups excluding carboxylic acids is 1. The number of ether oxygens (including phenoxy) is 1. The number of rotatable bonds is 1. The second-order valence-electron chi connectivity index (χ2n) is 8.31. The number of hydrogen-bond donors (Lipinski definition) is 0. The second kappa shape index (κ2) is 7.28. The molecule has 5 nitrogen and oxygen atoms in total. The molecule has 1 saturated carbocycles. The molecule has 2 heterocycles. The summed E-state index contributed by atoms with van der Waals surface area (Å²) in [6.45, 7) is 3.68. The molecule has 0 spiro atoms. The summed E-state index contributed by atoms with van der Waals surface area (Å²) in [6.07, 6.45) is -2.55. The Kier molecular flexibility index (Phi) is 4.68. The number of nitrogens with zero attached hydrogens (tertiary/aromatic N) is 3. The molecular weight excluding hydrogens is 407 g/mol. The highest BCUT2D eigenvalue weighted by molar-refractivity contribution is 6.04. The maximum Gasteiger partial charge on any atom is 0.416 e. The first kappa shape index (κ1) is 19.9. The zero-order valence-corrected chi connectivity index (χ0v) is 17.0. The molecule has 0 radical (unpaired) electrons. The zero-order valence-electron chi connectivity index (χ0n) is 17.0. The van der Waals surface area contributed by atoms with Gasteiger partial charge in [0.05, 0.1) is 11.1 Å². The summed E-state index contributed by atoms with van der Waals surface area (Å²) in [5.74, 6) is 1.76. The van der Waals surface area contributed by atoms with Gasteiger partial charge in [0.25, 0.3) is 0 Å². The summed E-state index contributed by atoms with van der Waals surface area (Å²) in [5.41, 5.74) is 0.101. The first-order valence-corrected chi connectivity index (χ1v) is 10.4. The molecule has 0 bridgehead atoms. The van der Waals surface area contributed by atoms with Crippen molar-refractivity contribution in [1.82, 2.24) is 9.80 Å². The van der Waals surface area contributed by atoms with Gasteiger partial charge in [0.1, 0.15) is 17.3 Å². The molecule has 2 fully saturated rings. The van der Waals surface area contributed by atoms with E-state index >= 15 is 0 Å². The van der Waals surface area contributed by atoms with Crippen LogP contribution in [0.3, 0.4) is 0 Å². The number of carbonyl (C=O) groups is 1. The summed E-state index contributed by atoms with van der Waals surface area (Å²) < 4.78 is 45.8. The molecule has 0 aromatic heterocycles. The summed E-state index contributed by atoms with van der Waals surface area (Å²) >= 11 is 0. The van der Waals surface area contributed by atoms with Crippen LogP contribution < -0.4 is 4.74 Å². The highest BCUT2D eigenvalue weighted by Gasteiger charge is 2.38. The van der Waals surface area contributed by atoms with E-state index < -0.39 is 11.7 Å². The topological polar surface area (TPSA) is 45.1 Å². The lowest BCUT2D eigenvalue weighted by molar-refractivity contribution is -0.137. The van der Waals surface area contributed by atoms with Crippen LogP contribution in [0.5, 0.6) is 11.5 Å². The van der Waals surface area contributed by atoms with E-state index in [9.17, 15) is 18.0 Å². The third kappa shape index (κ3) is 3.75. The summed E-state index contributed by atoms with van der Waals surface area (Å²) in [5, 5.41) is 0. The Balaban J connectivity index is 1.52. The summed E-state index contributed by atoms with van der Waals surface area (Å²) in [7, 11) is 0. The minimum atomic E-state index is -4.47. The van der Waals surface area contributed by atoms with Gasteiger partial charge in [-0.3, -0.25) is 4.79 Å². The van der Waals surface area contributed by atoms with Crippen molar-refractivity contribution in [1.29, 1.82) is 0 Å². The van der Waals surface area contributed by atoms with E-state index in [0.717, 1.165) is 30.5 Å². The van der Waals surface area contributed by atoms with Gasteiger partial charge < -0.3 is 14.5 Å². The molecule has 3 aliphatic rings. The van der Waals surface area contributed by atoms with Gasteiger partial charge in [0.2, 0.25) is 5.91 Å². The van der Waals surface area contributed by atoms with E-state index in [0.29, 0.717) is 31.2 Å². The monoisotopic (exact) mass is 429 g/mol. The van der Waals surface area contributed by atoms with Crippen molar-refractivity contribution in [2.45, 2.75) is 32.0 Å². The van der Waals surface area contributed by atoms with Gasteiger partial charge in [-0.2, -0.15) is 13.2 Å². The van der Waals surface area contributed by atoms with Crippen LogP contribution >= 0.6 is 0 Å². The molecule has 2 aromatic carbocycles. The fourth-order valence-corrected chi connectivity index (χ4v) is 4.18. The lowest BCUT2D eigenvalue weighted by Gasteiger charge is -2.41. The van der Waals surface area contributed by atoms with Crippen LogP contribution in [0.15, 0.2) is 47.5 Å². The van der Waals surface area contributed by atoms with E-state index in [4.69, 9.17) is 4.74 Å². The minimum Gasteiger partial charge on any atom is -0.454 e. The predicted molar refractivity (Wildman–Crippen MR) is 110 cm³/mol. The maximum absolute atomic E-state index is 13.3. The number of benzene rings is 2. The molecule has 2 aromatic rings. The number of amidine groups is 1. The number of aliphatic imine (C=N–C) groups is 1. The first-order chi connectivity index (χ1) is 14.8. The van der Waals surface area contributed by atoms with Gasteiger partial charge in [0, 0.05) is 31.6 Å². The van der Waals surface area contributed by atoms with Crippen molar-refractivity contribution in [3.63, 3.8) is 0 Å². The highest BCUT2D eigenvalue weighted by Crippen LogP contribution is 2.42. The van der Waals surface area contributed by atoms with Crippen LogP contribution in [-0.4, -0.2) is 47.2 Å². The first-order valence-electron chi connectivity index (χ1n) is 10.4. The van der Waals surface area contributed by atoms with Crippen LogP contribution in [0.2, 0.25) is 0 Å². The van der Waals surface area contributed by atoms with Gasteiger partial charge in [-0.1, -0.05) is 12.1 Å². The number of halogens is 3. The maximum atomic E-state index is 13.3. The Morgan fingerprint density at radius 3 is 2.58 bits per heavy atom. The fourth-order valence-electron chi connectivity index (χ4n) is 4.18. The van der Waals surface area contributed by atoms with Crippen molar-refractivity contribution >= 4 is 17.4 Å². The summed E-state index contributed by atoms with van der Waals surface area (Å²) in [4.78, 5) is 21.2. The predicted octanol–water partition coefficient (Wildman–Crippen LogP) is 4.83. The molecule has 31 heavy (non-hydrogen) atoms. The van der Waals surface area contributed by atoms with Gasteiger partial charge in [-0.25, -0.2) is 4.99 Å². The highest BCUT2D eigenvalue weighted by atomic mass is 19.4. The largest absolute Gasteiger partial charge is 0.454 e. The van der Waals surface area contributed by atoms with Gasteiger partial charge in [-0.05, 0) is 50.1 Å². The van der Waals surface area contributed by atoms with E-state index in [1.54, 1.807) is 6.07 Å². The van der Waals surface area contributed by atoms with E-state index in [1.165, 1.54) is 6.07 Å². The molecule has 1 saturated heterocycles. The van der Waals surface area contributed by atoms with Crippen LogP contribution in [0.1, 0.15) is 30.9 Å². The molecule has 0 N–H and O–H groups in total. The van der Waals surface area contributed by atoms with Crippen molar-refractivity contribution in [2.75, 3.05) is 19.6 Å². The van der Waals surface area contributed by atoms with Crippen LogP contribution in [0.4, 0.5) is 18.9 Å². The molecule has 1 atom stereocenters. The van der Waals surface area contributed by atoms with Crippen LogP contribution in [0, 0.1) is 5.92 Å². The van der Waals surface area contributed by atoms with Crippen LogP contribution in [-0.2, 0) is 11.0 Å². The zero-order chi connectivity index (χ0) is 21.8. The SMILES string of the molecule is CC1CN(C2=Nc3cc(C(F)(F)F)ccc3Oc3ccccc32)CCN1C(=O)C1CC1. The fraction of sp³-hybridized carbons (Fsp3) is 0.391. The van der Waals surface area contributed by atoms with Crippen LogP contribution in [0.25, 0.3) is 0 Å². The Bertz CT molecular complexity index is 1060. The number of fused-ring (bicyclic) bond motifs is 2. The van der Waals surface area contributed by atoms with Crippen molar-refractivity contribution in [3.8, 4) is 11.5 Å². The molecule has 2 aliphatic heterocycles. The van der Waals surface area contributed by atoms with E-state index in [2.05, 4.69) is 4.99 Å². The number of amides is 1. The van der Waals surface area contributed by atoms with Gasteiger partial charge >= 0.3 is 6.18 Å². The molecule has 162 valence electrons. The smallest absolute Gasteiger partial charge is 0.416 e. The standard InChI is InChI=1S/C23H22F3N3O2/c1-14-13-28(10-11-29(14)22(30)15-6-7-15)21-17-4-2-3-5-19(17)31-20-9-8-16(23(24,25)26)12-18(20)27-21/h2-5,8-9,12,14-15H,6-7,10-11,13H2,1H3. The average Bonchev–Trinajstić information content (AvgIpc) is 3.58. The lowest BCUT2D eigenvalue weighted by Crippen LogP contribution is -2.56. The van der Waals surface area contributed by atoms with Crippen molar-refractivity contribution in [3.05, 3.63) is 53.6 Å². The Morgan fingerprint density at radius 1 is 1.10 bits per heavy atom. The number of para-hydroxylation sites is 1. The Hall–Kier alpha value is -3.03. The van der Waals surface area contributed by atoms with E-state index in [-0.39, 0.29) is 29.3 Å². The van der Waals surface area contributed by atoms with Gasteiger partial charge in [-0.15, -0.1) is 0 Å². The quantitative estimate of drug-likeness (QED) is 0.652. The lowest BCUT2D eigenvalue weighted by atomic mass is 10.1. The van der Waals surface area contributed by atoms with Gasteiger partial charge in [0.15, 0.2) is 5.75 Å². The second-order valence-corrected chi connectivity index (χ2v) is 8.31. The molecule has 1 aliphatic carbocycles. The number of hydrogen-bond acceptors (Lipinski definition) is 4. The molecule has 1 amide bonds. The number of piperazine rings is 1.